The minimum atomic E-state index is -0.392. The molecule has 0 bridgehead atoms. The van der Waals surface area contributed by atoms with Crippen molar-refractivity contribution in [2.75, 3.05) is 11.9 Å². The lowest BCUT2D eigenvalue weighted by molar-refractivity contribution is -0.384. The Kier molecular flexibility index (Phi) is 4.51. The first kappa shape index (κ1) is 14.9. The normalized spacial score (nSPS) is 10.8. The van der Waals surface area contributed by atoms with Crippen LogP contribution >= 0.6 is 0 Å². The maximum Gasteiger partial charge on any atom is 0.333 e. The number of anilines is 1. The van der Waals surface area contributed by atoms with Crippen LogP contribution in [0.1, 0.15) is 30.8 Å². The second-order valence-corrected chi connectivity index (χ2v) is 4.69. The van der Waals surface area contributed by atoms with Gasteiger partial charge in [-0.3, -0.25) is 10.1 Å². The molecule has 0 fully saturated rings. The highest BCUT2D eigenvalue weighted by Gasteiger charge is 2.25. The quantitative estimate of drug-likeness (QED) is 0.610. The molecular weight excluding hydrogens is 276 g/mol. The molecule has 0 saturated carbocycles. The maximum absolute atomic E-state index is 11.2. The van der Waals surface area contributed by atoms with E-state index < -0.39 is 4.92 Å². The molecule has 0 aliphatic rings. The van der Waals surface area contributed by atoms with Crippen LogP contribution in [0.3, 0.4) is 0 Å². The highest BCUT2D eigenvalue weighted by atomic mass is 16.6. The van der Waals surface area contributed by atoms with Crippen LogP contribution in [0, 0.1) is 17.0 Å². The fraction of sp³-hybridized carbons (Fsp3) is 0.583. The van der Waals surface area contributed by atoms with Gasteiger partial charge in [-0.2, -0.15) is 10.1 Å². The standard InChI is InChI=1S/C12H18N6O3/c1-4-5-9-11(18(19)20)12(17(3)15-9)13-7-6-10-14-8(2)16-21-10/h13H,4-7H2,1-3H3. The molecule has 2 heterocycles. The third-order valence-electron chi connectivity index (χ3n) is 2.96. The second kappa shape index (κ2) is 6.33. The Morgan fingerprint density at radius 2 is 2.19 bits per heavy atom. The zero-order chi connectivity index (χ0) is 15.4. The van der Waals surface area contributed by atoms with E-state index in [0.29, 0.717) is 42.6 Å². The zero-order valence-corrected chi connectivity index (χ0v) is 12.3. The largest absolute Gasteiger partial charge is 0.364 e. The second-order valence-electron chi connectivity index (χ2n) is 4.69. The Labute approximate surface area is 121 Å². The molecule has 2 aromatic heterocycles. The van der Waals surface area contributed by atoms with Crippen LogP contribution in [0.15, 0.2) is 4.52 Å². The molecule has 0 saturated heterocycles. The van der Waals surface area contributed by atoms with Gasteiger partial charge in [0.2, 0.25) is 11.7 Å². The Balaban J connectivity index is 2.09. The van der Waals surface area contributed by atoms with E-state index >= 15 is 0 Å². The summed E-state index contributed by atoms with van der Waals surface area (Å²) in [5, 5.41) is 22.2. The Morgan fingerprint density at radius 3 is 2.76 bits per heavy atom. The molecule has 1 N–H and O–H groups in total. The molecular formula is C12H18N6O3. The van der Waals surface area contributed by atoms with E-state index in [-0.39, 0.29) is 5.69 Å². The first-order valence-electron chi connectivity index (χ1n) is 6.76. The number of aromatic nitrogens is 4. The summed E-state index contributed by atoms with van der Waals surface area (Å²) >= 11 is 0. The average molecular weight is 294 g/mol. The van der Waals surface area contributed by atoms with Crippen LogP contribution in [0.2, 0.25) is 0 Å². The van der Waals surface area contributed by atoms with Gasteiger partial charge in [0.05, 0.1) is 4.92 Å². The van der Waals surface area contributed by atoms with Crippen molar-refractivity contribution >= 4 is 11.5 Å². The monoisotopic (exact) mass is 294 g/mol. The summed E-state index contributed by atoms with van der Waals surface area (Å²) in [6, 6.07) is 0. The summed E-state index contributed by atoms with van der Waals surface area (Å²) in [5.41, 5.74) is 0.544. The number of hydrogen-bond acceptors (Lipinski definition) is 7. The summed E-state index contributed by atoms with van der Waals surface area (Å²) in [4.78, 5) is 14.9. The highest BCUT2D eigenvalue weighted by molar-refractivity contribution is 5.59. The van der Waals surface area contributed by atoms with Gasteiger partial charge < -0.3 is 9.84 Å². The molecule has 0 aliphatic heterocycles. The van der Waals surface area contributed by atoms with Gasteiger partial charge >= 0.3 is 5.69 Å². The van der Waals surface area contributed by atoms with Crippen molar-refractivity contribution in [2.24, 2.45) is 7.05 Å². The summed E-state index contributed by atoms with van der Waals surface area (Å²) < 4.78 is 6.50. The number of hydrogen-bond donors (Lipinski definition) is 1. The van der Waals surface area contributed by atoms with E-state index in [1.165, 1.54) is 4.68 Å². The van der Waals surface area contributed by atoms with Crippen LogP contribution in [0.4, 0.5) is 11.5 Å². The van der Waals surface area contributed by atoms with Gasteiger partial charge in [-0.25, -0.2) is 4.68 Å². The van der Waals surface area contributed by atoms with Gasteiger partial charge in [0.1, 0.15) is 5.69 Å². The smallest absolute Gasteiger partial charge is 0.333 e. The third-order valence-corrected chi connectivity index (χ3v) is 2.96. The summed E-state index contributed by atoms with van der Waals surface area (Å²) in [6.45, 7) is 4.15. The molecule has 0 amide bonds. The van der Waals surface area contributed by atoms with Crippen molar-refractivity contribution in [1.82, 2.24) is 19.9 Å². The summed E-state index contributed by atoms with van der Waals surface area (Å²) in [6.07, 6.45) is 1.87. The Hall–Kier alpha value is -2.45. The SMILES string of the molecule is CCCc1nn(C)c(NCCc2nc(C)no2)c1[N+](=O)[O-]. The van der Waals surface area contributed by atoms with Gasteiger partial charge in [-0.1, -0.05) is 18.5 Å². The minimum Gasteiger partial charge on any atom is -0.364 e. The minimum absolute atomic E-state index is 0.0426. The molecule has 0 aliphatic carbocycles. The summed E-state index contributed by atoms with van der Waals surface area (Å²) in [5.74, 6) is 1.47. The molecule has 0 aromatic carbocycles. The lowest BCUT2D eigenvalue weighted by atomic mass is 10.2. The van der Waals surface area contributed by atoms with E-state index in [0.717, 1.165) is 6.42 Å². The van der Waals surface area contributed by atoms with Crippen LogP contribution in [0.5, 0.6) is 0 Å². The zero-order valence-electron chi connectivity index (χ0n) is 12.3. The molecule has 0 atom stereocenters. The van der Waals surface area contributed by atoms with Crippen molar-refractivity contribution in [1.29, 1.82) is 0 Å². The van der Waals surface area contributed by atoms with Crippen LogP contribution in [-0.4, -0.2) is 31.4 Å². The molecule has 0 spiro atoms. The first-order chi connectivity index (χ1) is 10.0. The maximum atomic E-state index is 11.2. The van der Waals surface area contributed by atoms with Crippen LogP contribution in [0.25, 0.3) is 0 Å². The predicted octanol–water partition coefficient (Wildman–Crippen LogP) is 1.63. The molecule has 2 rings (SSSR count). The van der Waals surface area contributed by atoms with Gasteiger partial charge in [0, 0.05) is 20.0 Å². The molecule has 9 nitrogen and oxygen atoms in total. The van der Waals surface area contributed by atoms with Crippen molar-refractivity contribution in [3.63, 3.8) is 0 Å². The number of nitrogens with one attached hydrogen (secondary N) is 1. The lowest BCUT2D eigenvalue weighted by Gasteiger charge is -2.04. The van der Waals surface area contributed by atoms with Crippen molar-refractivity contribution in [2.45, 2.75) is 33.1 Å². The Morgan fingerprint density at radius 1 is 1.43 bits per heavy atom. The van der Waals surface area contributed by atoms with E-state index in [2.05, 4.69) is 20.6 Å². The van der Waals surface area contributed by atoms with Gasteiger partial charge in [0.25, 0.3) is 0 Å². The molecule has 9 heteroatoms. The van der Waals surface area contributed by atoms with Crippen molar-refractivity contribution in [3.05, 3.63) is 27.5 Å². The van der Waals surface area contributed by atoms with Crippen molar-refractivity contribution < 1.29 is 9.45 Å². The molecule has 2 aromatic rings. The van der Waals surface area contributed by atoms with Crippen molar-refractivity contribution in [3.8, 4) is 0 Å². The third kappa shape index (κ3) is 3.36. The summed E-state index contributed by atoms with van der Waals surface area (Å²) in [7, 11) is 1.69. The fourth-order valence-electron chi connectivity index (χ4n) is 2.09. The van der Waals surface area contributed by atoms with Gasteiger partial charge in [0.15, 0.2) is 5.82 Å². The molecule has 114 valence electrons. The number of nitrogens with zero attached hydrogens (tertiary/aromatic N) is 5. The van der Waals surface area contributed by atoms with E-state index in [1.54, 1.807) is 14.0 Å². The molecule has 0 unspecified atom stereocenters. The van der Waals surface area contributed by atoms with E-state index in [9.17, 15) is 10.1 Å². The van der Waals surface area contributed by atoms with Crippen LogP contribution < -0.4 is 5.32 Å². The Bertz CT molecular complexity index is 633. The fourth-order valence-corrected chi connectivity index (χ4v) is 2.09. The van der Waals surface area contributed by atoms with Gasteiger partial charge in [-0.05, 0) is 13.3 Å². The average Bonchev–Trinajstić information content (AvgIpc) is 2.95. The first-order valence-corrected chi connectivity index (χ1v) is 6.76. The highest BCUT2D eigenvalue weighted by Crippen LogP contribution is 2.28. The predicted molar refractivity (Wildman–Crippen MR) is 75.1 cm³/mol. The molecule has 0 radical (unpaired) electrons. The number of nitro groups is 1. The van der Waals surface area contributed by atoms with Crippen LogP contribution in [-0.2, 0) is 19.9 Å². The lowest BCUT2D eigenvalue weighted by Crippen LogP contribution is -2.10. The topological polar surface area (TPSA) is 112 Å². The number of aryl methyl sites for hydroxylation is 3. The van der Waals surface area contributed by atoms with E-state index in [1.807, 2.05) is 6.92 Å². The van der Waals surface area contributed by atoms with Gasteiger partial charge in [-0.15, -0.1) is 0 Å². The number of rotatable bonds is 7. The molecule has 21 heavy (non-hydrogen) atoms. The van der Waals surface area contributed by atoms with E-state index in [4.69, 9.17) is 4.52 Å².